The molecule has 3 nitrogen and oxygen atoms in total. The summed E-state index contributed by atoms with van der Waals surface area (Å²) in [5, 5.41) is 6.99. The Morgan fingerprint density at radius 2 is 1.21 bits per heavy atom. The molecule has 0 atom stereocenters. The molecule has 0 saturated carbocycles. The summed E-state index contributed by atoms with van der Waals surface area (Å²) >= 11 is 0. The van der Waals surface area contributed by atoms with Crippen LogP contribution in [0.4, 0.5) is 5.69 Å². The second-order valence-corrected chi connectivity index (χ2v) is 11.3. The maximum atomic E-state index is 12.4. The van der Waals surface area contributed by atoms with Crippen LogP contribution in [0.5, 0.6) is 5.75 Å². The molecule has 0 aliphatic heterocycles. The van der Waals surface area contributed by atoms with Gasteiger partial charge < -0.3 is 27.0 Å². The maximum Gasteiger partial charge on any atom is 0.224 e. The van der Waals surface area contributed by atoms with Crippen LogP contribution in [0, 0.1) is 0 Å². The van der Waals surface area contributed by atoms with E-state index in [1.54, 1.807) is 7.11 Å². The first-order valence-corrected chi connectivity index (χ1v) is 13.2. The van der Waals surface area contributed by atoms with Crippen molar-refractivity contribution in [1.29, 1.82) is 0 Å². The van der Waals surface area contributed by atoms with Crippen LogP contribution in [0.15, 0.2) is 109 Å². The van der Waals surface area contributed by atoms with E-state index in [-0.39, 0.29) is 22.9 Å². The standard InChI is InChI=1S/C29H28NO2P.BrH/c1-3-29(31)30-27-20-13-21-28(32-2)26(27)22-33(23-14-7-4-8-15-23,24-16-9-5-10-17-24)25-18-11-6-12-19-25;/h4-21H,3,22H2,1-2H3;1H. The Morgan fingerprint density at radius 3 is 1.62 bits per heavy atom. The van der Waals surface area contributed by atoms with Crippen molar-refractivity contribution in [3.05, 3.63) is 115 Å². The molecular weight excluding hydrogens is 505 g/mol. The summed E-state index contributed by atoms with van der Waals surface area (Å²) in [6, 6.07) is 38.1. The summed E-state index contributed by atoms with van der Waals surface area (Å²) in [5.74, 6) is 0.781. The zero-order valence-electron chi connectivity index (χ0n) is 19.4. The Labute approximate surface area is 213 Å². The van der Waals surface area contributed by atoms with Crippen LogP contribution < -0.4 is 42.9 Å². The lowest BCUT2D eigenvalue weighted by Gasteiger charge is -2.29. The third-order valence-corrected chi connectivity index (χ3v) is 10.3. The molecule has 0 aliphatic rings. The number of ether oxygens (including phenoxy) is 1. The summed E-state index contributed by atoms with van der Waals surface area (Å²) in [7, 11) is -0.433. The highest BCUT2D eigenvalue weighted by Gasteiger charge is 2.46. The number of hydrogen-bond acceptors (Lipinski definition) is 2. The minimum atomic E-state index is -2.13. The lowest BCUT2D eigenvalue weighted by Crippen LogP contribution is -3.00. The molecule has 0 bridgehead atoms. The summed E-state index contributed by atoms with van der Waals surface area (Å²) in [6.07, 6.45) is 1.15. The molecule has 0 radical (unpaired) electrons. The lowest BCUT2D eigenvalue weighted by molar-refractivity contribution is -0.115. The smallest absolute Gasteiger partial charge is 0.224 e. The summed E-state index contributed by atoms with van der Waals surface area (Å²) < 4.78 is 5.82. The van der Waals surface area contributed by atoms with Gasteiger partial charge in [0.2, 0.25) is 5.91 Å². The van der Waals surface area contributed by atoms with Gasteiger partial charge in [-0.05, 0) is 48.5 Å². The van der Waals surface area contributed by atoms with Gasteiger partial charge in [-0.2, -0.15) is 0 Å². The first kappa shape index (κ1) is 25.7. The van der Waals surface area contributed by atoms with Gasteiger partial charge in [-0.15, -0.1) is 0 Å². The van der Waals surface area contributed by atoms with E-state index < -0.39 is 7.26 Å². The van der Waals surface area contributed by atoms with E-state index in [1.807, 2.05) is 25.1 Å². The highest BCUT2D eigenvalue weighted by molar-refractivity contribution is 7.95. The molecule has 1 amide bonds. The normalized spacial score (nSPS) is 10.8. The predicted molar refractivity (Wildman–Crippen MR) is 141 cm³/mol. The monoisotopic (exact) mass is 533 g/mol. The molecule has 0 spiro atoms. The zero-order chi connectivity index (χ0) is 23.1. The highest BCUT2D eigenvalue weighted by Crippen LogP contribution is 2.59. The highest BCUT2D eigenvalue weighted by atomic mass is 79.9. The van der Waals surface area contributed by atoms with Crippen molar-refractivity contribution < 1.29 is 26.5 Å². The van der Waals surface area contributed by atoms with Gasteiger partial charge >= 0.3 is 0 Å². The molecule has 0 aliphatic carbocycles. The molecular formula is C29H29BrNO2P. The molecule has 174 valence electrons. The first-order chi connectivity index (χ1) is 16.2. The average molecular weight is 534 g/mol. The number of anilines is 1. The Balaban J connectivity index is 0.00000324. The van der Waals surface area contributed by atoms with Gasteiger partial charge in [0.25, 0.3) is 0 Å². The topological polar surface area (TPSA) is 38.3 Å². The van der Waals surface area contributed by atoms with Gasteiger partial charge in [0.1, 0.15) is 35.1 Å². The van der Waals surface area contributed by atoms with Gasteiger partial charge in [0.15, 0.2) is 0 Å². The van der Waals surface area contributed by atoms with E-state index in [1.165, 1.54) is 15.9 Å². The average Bonchev–Trinajstić information content (AvgIpc) is 2.89. The third-order valence-electron chi connectivity index (χ3n) is 5.93. The van der Waals surface area contributed by atoms with Gasteiger partial charge in [-0.1, -0.05) is 67.6 Å². The molecule has 4 rings (SSSR count). The van der Waals surface area contributed by atoms with E-state index >= 15 is 0 Å². The maximum absolute atomic E-state index is 12.4. The van der Waals surface area contributed by atoms with Crippen molar-refractivity contribution in [2.45, 2.75) is 19.5 Å². The fourth-order valence-electron chi connectivity index (χ4n) is 4.28. The molecule has 4 aromatic rings. The third kappa shape index (κ3) is 5.24. The molecule has 0 aromatic heterocycles. The second kappa shape index (κ2) is 12.0. The fourth-order valence-corrected chi connectivity index (χ4v) is 8.57. The molecule has 5 heteroatoms. The van der Waals surface area contributed by atoms with Crippen molar-refractivity contribution in [3.8, 4) is 5.75 Å². The van der Waals surface area contributed by atoms with E-state index in [2.05, 4.69) is 96.3 Å². The quantitative estimate of drug-likeness (QED) is 0.353. The van der Waals surface area contributed by atoms with Crippen LogP contribution in [0.25, 0.3) is 0 Å². The molecule has 4 aromatic carbocycles. The Kier molecular flexibility index (Phi) is 9.04. The summed E-state index contributed by atoms with van der Waals surface area (Å²) in [4.78, 5) is 12.4. The number of carbonyl (C=O) groups excluding carboxylic acids is 1. The second-order valence-electron chi connectivity index (χ2n) is 7.86. The molecule has 0 fully saturated rings. The Bertz CT molecular complexity index is 1100. The van der Waals surface area contributed by atoms with Crippen molar-refractivity contribution >= 4 is 34.8 Å². The Morgan fingerprint density at radius 1 is 0.735 bits per heavy atom. The molecule has 34 heavy (non-hydrogen) atoms. The van der Waals surface area contributed by atoms with E-state index in [4.69, 9.17) is 4.74 Å². The first-order valence-electron chi connectivity index (χ1n) is 11.2. The largest absolute Gasteiger partial charge is 1.00 e. The van der Waals surface area contributed by atoms with Gasteiger partial charge in [0, 0.05) is 6.42 Å². The number of hydrogen-bond donors (Lipinski definition) is 1. The number of benzene rings is 4. The van der Waals surface area contributed by atoms with Crippen molar-refractivity contribution in [1.82, 2.24) is 0 Å². The van der Waals surface area contributed by atoms with Crippen LogP contribution in [0.2, 0.25) is 0 Å². The van der Waals surface area contributed by atoms with E-state index in [0.29, 0.717) is 6.42 Å². The van der Waals surface area contributed by atoms with Crippen LogP contribution in [-0.2, 0) is 11.0 Å². The van der Waals surface area contributed by atoms with Crippen molar-refractivity contribution in [2.75, 3.05) is 12.4 Å². The SMILES string of the molecule is CCC(=O)Nc1cccc(OC)c1C[P+](c1ccccc1)(c1ccccc1)c1ccccc1.[Br-]. The molecule has 0 heterocycles. The predicted octanol–water partition coefficient (Wildman–Crippen LogP) is 2.54. The van der Waals surface area contributed by atoms with E-state index in [9.17, 15) is 4.79 Å². The number of nitrogens with one attached hydrogen (secondary N) is 1. The number of rotatable bonds is 8. The van der Waals surface area contributed by atoms with Crippen LogP contribution >= 0.6 is 7.26 Å². The van der Waals surface area contributed by atoms with Crippen LogP contribution in [-0.4, -0.2) is 13.0 Å². The zero-order valence-corrected chi connectivity index (χ0v) is 21.9. The summed E-state index contributed by atoms with van der Waals surface area (Å²) in [6.45, 7) is 1.87. The molecule has 1 N–H and O–H groups in total. The van der Waals surface area contributed by atoms with Crippen molar-refractivity contribution in [2.24, 2.45) is 0 Å². The van der Waals surface area contributed by atoms with Gasteiger partial charge in [0.05, 0.1) is 18.4 Å². The minimum absolute atomic E-state index is 0. The van der Waals surface area contributed by atoms with Crippen LogP contribution in [0.1, 0.15) is 18.9 Å². The Hall–Kier alpha value is -2.94. The van der Waals surface area contributed by atoms with Crippen LogP contribution in [0.3, 0.4) is 0 Å². The minimum Gasteiger partial charge on any atom is -1.00 e. The molecule has 0 saturated heterocycles. The van der Waals surface area contributed by atoms with E-state index in [0.717, 1.165) is 23.2 Å². The number of carbonyl (C=O) groups is 1. The summed E-state index contributed by atoms with van der Waals surface area (Å²) in [5.41, 5.74) is 1.83. The van der Waals surface area contributed by atoms with Crippen molar-refractivity contribution in [3.63, 3.8) is 0 Å². The lowest BCUT2D eigenvalue weighted by atomic mass is 10.1. The van der Waals surface area contributed by atoms with Gasteiger partial charge in [-0.3, -0.25) is 4.79 Å². The number of amides is 1. The number of halogens is 1. The van der Waals surface area contributed by atoms with Gasteiger partial charge in [-0.25, -0.2) is 0 Å². The fraction of sp³-hybridized carbons (Fsp3) is 0.138. The molecule has 0 unspecified atom stereocenters. The number of methoxy groups -OCH3 is 1.